The van der Waals surface area contributed by atoms with E-state index in [2.05, 4.69) is 4.18 Å². The predicted molar refractivity (Wildman–Crippen MR) is 71.1 cm³/mol. The SMILES string of the molecule is C[Si](C)(C)c1cc2c(cc1OS(=O)(=O)C(F)(F)F)OCO2. The van der Waals surface area contributed by atoms with Crippen molar-refractivity contribution in [3.8, 4) is 17.2 Å². The number of rotatable bonds is 3. The van der Waals surface area contributed by atoms with Gasteiger partial charge in [0.15, 0.2) is 11.5 Å². The van der Waals surface area contributed by atoms with Crippen molar-refractivity contribution in [2.24, 2.45) is 0 Å². The summed E-state index contributed by atoms with van der Waals surface area (Å²) in [4.78, 5) is 0. The van der Waals surface area contributed by atoms with Crippen molar-refractivity contribution in [2.75, 3.05) is 6.79 Å². The minimum Gasteiger partial charge on any atom is -0.454 e. The number of halogens is 3. The summed E-state index contributed by atoms with van der Waals surface area (Å²) in [6, 6.07) is 2.61. The minimum atomic E-state index is -5.73. The molecule has 0 bridgehead atoms. The predicted octanol–water partition coefficient (Wildman–Crippen LogP) is 2.19. The highest BCUT2D eigenvalue weighted by Gasteiger charge is 2.49. The van der Waals surface area contributed by atoms with Gasteiger partial charge in [0.05, 0.1) is 8.07 Å². The fourth-order valence-electron chi connectivity index (χ4n) is 1.74. The average molecular weight is 342 g/mol. The van der Waals surface area contributed by atoms with E-state index in [0.717, 1.165) is 6.07 Å². The maximum Gasteiger partial charge on any atom is 0.534 e. The van der Waals surface area contributed by atoms with Gasteiger partial charge in [0.1, 0.15) is 5.75 Å². The van der Waals surface area contributed by atoms with Gasteiger partial charge in [0.2, 0.25) is 6.79 Å². The lowest BCUT2D eigenvalue weighted by atomic mass is 10.3. The van der Waals surface area contributed by atoms with Crippen LogP contribution in [0.2, 0.25) is 19.6 Å². The molecule has 5 nitrogen and oxygen atoms in total. The zero-order valence-corrected chi connectivity index (χ0v) is 13.3. The van der Waals surface area contributed by atoms with Crippen LogP contribution in [-0.4, -0.2) is 28.8 Å². The molecule has 1 aromatic rings. The number of hydrogen-bond acceptors (Lipinski definition) is 5. The molecule has 21 heavy (non-hydrogen) atoms. The van der Waals surface area contributed by atoms with Crippen LogP contribution in [-0.2, 0) is 10.1 Å². The van der Waals surface area contributed by atoms with E-state index in [1.54, 1.807) is 0 Å². The lowest BCUT2D eigenvalue weighted by Gasteiger charge is -2.21. The van der Waals surface area contributed by atoms with Gasteiger partial charge < -0.3 is 13.7 Å². The Morgan fingerprint density at radius 3 is 2.14 bits per heavy atom. The van der Waals surface area contributed by atoms with Gasteiger partial charge in [-0.3, -0.25) is 0 Å². The molecule has 0 aromatic heterocycles. The molecule has 0 radical (unpaired) electrons. The molecule has 0 fully saturated rings. The third-order valence-electron chi connectivity index (χ3n) is 2.77. The molecule has 1 aromatic carbocycles. The molecule has 1 aliphatic heterocycles. The van der Waals surface area contributed by atoms with Crippen LogP contribution >= 0.6 is 0 Å². The molecule has 0 spiro atoms. The van der Waals surface area contributed by atoms with E-state index in [1.165, 1.54) is 6.07 Å². The minimum absolute atomic E-state index is 0.0735. The smallest absolute Gasteiger partial charge is 0.454 e. The number of ether oxygens (including phenoxy) is 2. The van der Waals surface area contributed by atoms with Gasteiger partial charge >= 0.3 is 15.6 Å². The second kappa shape index (κ2) is 4.80. The Kier molecular flexibility index (Phi) is 3.65. The van der Waals surface area contributed by atoms with Gasteiger partial charge in [-0.05, 0) is 11.3 Å². The van der Waals surface area contributed by atoms with E-state index in [-0.39, 0.29) is 18.3 Å². The molecule has 10 heteroatoms. The van der Waals surface area contributed by atoms with Gasteiger partial charge in [0, 0.05) is 6.07 Å². The number of alkyl halides is 3. The summed E-state index contributed by atoms with van der Waals surface area (Å²) < 4.78 is 74.3. The van der Waals surface area contributed by atoms with Crippen molar-refractivity contribution in [1.82, 2.24) is 0 Å². The van der Waals surface area contributed by atoms with Crippen molar-refractivity contribution in [1.29, 1.82) is 0 Å². The number of benzene rings is 1. The molecule has 0 saturated carbocycles. The molecule has 2 rings (SSSR count). The Labute approximate surface area is 120 Å². The first-order chi connectivity index (χ1) is 9.42. The molecule has 1 heterocycles. The first-order valence-electron chi connectivity index (χ1n) is 5.87. The van der Waals surface area contributed by atoms with Crippen LogP contribution in [0.1, 0.15) is 0 Å². The zero-order chi connectivity index (χ0) is 16.1. The Hall–Kier alpha value is -1.42. The van der Waals surface area contributed by atoms with Crippen LogP contribution in [0.3, 0.4) is 0 Å². The lowest BCUT2D eigenvalue weighted by molar-refractivity contribution is -0.0499. The fraction of sp³-hybridized carbons (Fsp3) is 0.455. The van der Waals surface area contributed by atoms with Crippen LogP contribution in [0.5, 0.6) is 17.2 Å². The van der Waals surface area contributed by atoms with E-state index >= 15 is 0 Å². The van der Waals surface area contributed by atoms with Gasteiger partial charge in [-0.25, -0.2) is 0 Å². The fourth-order valence-corrected chi connectivity index (χ4v) is 3.71. The first-order valence-corrected chi connectivity index (χ1v) is 10.8. The monoisotopic (exact) mass is 342 g/mol. The van der Waals surface area contributed by atoms with Crippen LogP contribution in [0.15, 0.2) is 12.1 Å². The van der Waals surface area contributed by atoms with Gasteiger partial charge in [-0.15, -0.1) is 0 Å². The van der Waals surface area contributed by atoms with E-state index in [1.807, 2.05) is 19.6 Å². The molecule has 118 valence electrons. The first kappa shape index (κ1) is 16.0. The van der Waals surface area contributed by atoms with Gasteiger partial charge in [-0.2, -0.15) is 21.6 Å². The third kappa shape index (κ3) is 3.10. The second-order valence-electron chi connectivity index (χ2n) is 5.43. The molecule has 0 atom stereocenters. The number of fused-ring (bicyclic) bond motifs is 1. The quantitative estimate of drug-likeness (QED) is 0.479. The van der Waals surface area contributed by atoms with E-state index in [0.29, 0.717) is 10.9 Å². The van der Waals surface area contributed by atoms with Crippen molar-refractivity contribution in [3.05, 3.63) is 12.1 Å². The molecule has 0 aliphatic carbocycles. The summed E-state index contributed by atoms with van der Waals surface area (Å²) >= 11 is 0. The third-order valence-corrected chi connectivity index (χ3v) is 5.74. The van der Waals surface area contributed by atoms with Crippen LogP contribution in [0.4, 0.5) is 13.2 Å². The Morgan fingerprint density at radius 1 is 1.14 bits per heavy atom. The van der Waals surface area contributed by atoms with Crippen molar-refractivity contribution >= 4 is 23.4 Å². The molecule has 0 N–H and O–H groups in total. The van der Waals surface area contributed by atoms with E-state index in [4.69, 9.17) is 9.47 Å². The molecule has 0 amide bonds. The number of hydrogen-bond donors (Lipinski definition) is 0. The maximum absolute atomic E-state index is 12.5. The Bertz CT molecular complexity index is 664. The zero-order valence-electron chi connectivity index (χ0n) is 11.4. The standard InChI is InChI=1S/C11H13F3O5SSi/c1-21(2,3)10-5-8-7(17-6-18-8)4-9(10)19-20(15,16)11(12,13)14/h4-5H,6H2,1-3H3. The van der Waals surface area contributed by atoms with E-state index < -0.39 is 23.7 Å². The summed E-state index contributed by atoms with van der Waals surface area (Å²) in [5.74, 6) is 0.157. The van der Waals surface area contributed by atoms with Crippen molar-refractivity contribution in [2.45, 2.75) is 25.1 Å². The largest absolute Gasteiger partial charge is 0.534 e. The van der Waals surface area contributed by atoms with Gasteiger partial charge in [0.25, 0.3) is 0 Å². The maximum atomic E-state index is 12.5. The normalized spacial score (nSPS) is 15.1. The second-order valence-corrected chi connectivity index (χ2v) is 12.0. The molecule has 1 aliphatic rings. The highest BCUT2D eigenvalue weighted by molar-refractivity contribution is 7.88. The molecule has 0 saturated heterocycles. The van der Waals surface area contributed by atoms with E-state index in [9.17, 15) is 21.6 Å². The average Bonchev–Trinajstić information content (AvgIpc) is 2.71. The molecule has 0 unspecified atom stereocenters. The summed E-state index contributed by atoms with van der Waals surface area (Å²) in [5, 5.41) is 0.402. The summed E-state index contributed by atoms with van der Waals surface area (Å²) in [6.45, 7) is 5.46. The van der Waals surface area contributed by atoms with Crippen molar-refractivity contribution in [3.63, 3.8) is 0 Å². The topological polar surface area (TPSA) is 61.8 Å². The van der Waals surface area contributed by atoms with Crippen LogP contribution < -0.4 is 18.8 Å². The highest BCUT2D eigenvalue weighted by Crippen LogP contribution is 2.37. The Morgan fingerprint density at radius 2 is 1.67 bits per heavy atom. The van der Waals surface area contributed by atoms with Gasteiger partial charge in [-0.1, -0.05) is 19.6 Å². The summed E-state index contributed by atoms with van der Waals surface area (Å²) in [7, 11) is -7.90. The Balaban J connectivity index is 2.53. The summed E-state index contributed by atoms with van der Waals surface area (Å²) in [6.07, 6.45) is 0. The lowest BCUT2D eigenvalue weighted by Crippen LogP contribution is -2.40. The van der Waals surface area contributed by atoms with Crippen LogP contribution in [0, 0.1) is 0 Å². The van der Waals surface area contributed by atoms with Crippen LogP contribution in [0.25, 0.3) is 0 Å². The van der Waals surface area contributed by atoms with Crippen molar-refractivity contribution < 1.29 is 35.2 Å². The summed E-state index contributed by atoms with van der Waals surface area (Å²) in [5.41, 5.74) is -5.49. The highest BCUT2D eigenvalue weighted by atomic mass is 32.2. The molecular weight excluding hydrogens is 329 g/mol. The molecular formula is C11H13F3O5SSi.